The molecule has 2 aromatic carbocycles. The Morgan fingerprint density at radius 3 is 2.52 bits per heavy atom. The van der Waals surface area contributed by atoms with Gasteiger partial charge in [0.25, 0.3) is 0 Å². The number of hydrogen-bond donors (Lipinski definition) is 0. The van der Waals surface area contributed by atoms with Crippen LogP contribution in [0.25, 0.3) is 11.3 Å². The van der Waals surface area contributed by atoms with Gasteiger partial charge in [0.1, 0.15) is 29.4 Å². The number of nitrogens with zero attached hydrogens (tertiary/aromatic N) is 1. The third-order valence-corrected chi connectivity index (χ3v) is 4.16. The highest BCUT2D eigenvalue weighted by atomic mass is 16.5. The molecule has 0 atom stereocenters. The number of aryl methyl sites for hydroxylation is 1. The minimum absolute atomic E-state index is 0.0397. The van der Waals surface area contributed by atoms with Crippen molar-refractivity contribution in [3.63, 3.8) is 0 Å². The number of hydrogen-bond acceptors (Lipinski definition) is 6. The molecule has 27 heavy (non-hydrogen) atoms. The number of ketones is 1. The monoisotopic (exact) mass is 365 g/mol. The van der Waals surface area contributed by atoms with E-state index in [9.17, 15) is 9.59 Å². The molecule has 3 aromatic rings. The SMILES string of the molecule is COc1ccc(C(C)=O)cc1COC(=O)c1c(-c2ccccc2)noc1C. The van der Waals surface area contributed by atoms with Crippen LogP contribution in [0.3, 0.4) is 0 Å². The van der Waals surface area contributed by atoms with Crippen LogP contribution in [0, 0.1) is 6.92 Å². The molecule has 6 nitrogen and oxygen atoms in total. The molecular weight excluding hydrogens is 346 g/mol. The van der Waals surface area contributed by atoms with Gasteiger partial charge >= 0.3 is 5.97 Å². The Balaban J connectivity index is 1.85. The van der Waals surface area contributed by atoms with E-state index in [1.54, 1.807) is 25.1 Å². The summed E-state index contributed by atoms with van der Waals surface area (Å²) in [5, 5.41) is 3.99. The zero-order chi connectivity index (χ0) is 19.4. The lowest BCUT2D eigenvalue weighted by molar-refractivity contribution is 0.0469. The molecule has 0 unspecified atom stereocenters. The molecule has 1 aromatic heterocycles. The van der Waals surface area contributed by atoms with Gasteiger partial charge in [0.2, 0.25) is 0 Å². The quantitative estimate of drug-likeness (QED) is 0.481. The van der Waals surface area contributed by atoms with E-state index in [-0.39, 0.29) is 18.0 Å². The Kier molecular flexibility index (Phi) is 5.35. The first-order valence-electron chi connectivity index (χ1n) is 8.38. The van der Waals surface area contributed by atoms with Crippen LogP contribution in [0.1, 0.15) is 39.0 Å². The molecule has 6 heteroatoms. The van der Waals surface area contributed by atoms with Crippen molar-refractivity contribution in [2.75, 3.05) is 7.11 Å². The molecule has 0 aliphatic carbocycles. The predicted octanol–water partition coefficient (Wildman–Crippen LogP) is 4.22. The molecule has 0 bridgehead atoms. The zero-order valence-electron chi connectivity index (χ0n) is 15.3. The number of ether oxygens (including phenoxy) is 2. The first kappa shape index (κ1) is 18.4. The highest BCUT2D eigenvalue weighted by molar-refractivity contribution is 5.97. The first-order valence-corrected chi connectivity index (χ1v) is 8.38. The van der Waals surface area contributed by atoms with Gasteiger partial charge in [-0.25, -0.2) is 4.79 Å². The highest BCUT2D eigenvalue weighted by Crippen LogP contribution is 2.27. The van der Waals surface area contributed by atoms with Gasteiger partial charge in [0.15, 0.2) is 5.78 Å². The molecular formula is C21H19NO5. The molecule has 0 saturated carbocycles. The average molecular weight is 365 g/mol. The summed E-state index contributed by atoms with van der Waals surface area (Å²) in [5.74, 6) is 0.288. The maximum atomic E-state index is 12.7. The molecule has 138 valence electrons. The number of benzene rings is 2. The van der Waals surface area contributed by atoms with Crippen LogP contribution in [0.4, 0.5) is 0 Å². The summed E-state index contributed by atoms with van der Waals surface area (Å²) in [4.78, 5) is 24.3. The fourth-order valence-corrected chi connectivity index (χ4v) is 2.73. The van der Waals surface area contributed by atoms with E-state index in [1.807, 2.05) is 30.3 Å². The number of rotatable bonds is 6. The van der Waals surface area contributed by atoms with E-state index in [4.69, 9.17) is 14.0 Å². The number of aromatic nitrogens is 1. The lowest BCUT2D eigenvalue weighted by Crippen LogP contribution is -2.08. The second-order valence-electron chi connectivity index (χ2n) is 5.99. The van der Waals surface area contributed by atoms with Crippen LogP contribution in [0.15, 0.2) is 53.1 Å². The van der Waals surface area contributed by atoms with Gasteiger partial charge in [-0.1, -0.05) is 35.5 Å². The van der Waals surface area contributed by atoms with Gasteiger partial charge < -0.3 is 14.0 Å². The Labute approximate surface area is 156 Å². The van der Waals surface area contributed by atoms with Crippen molar-refractivity contribution < 1.29 is 23.6 Å². The summed E-state index contributed by atoms with van der Waals surface area (Å²) in [7, 11) is 1.52. The van der Waals surface area contributed by atoms with E-state index in [0.29, 0.717) is 28.3 Å². The molecule has 0 aliphatic heterocycles. The number of carbonyl (C=O) groups excluding carboxylic acids is 2. The van der Waals surface area contributed by atoms with Crippen LogP contribution in [0.2, 0.25) is 0 Å². The molecule has 0 fully saturated rings. The minimum Gasteiger partial charge on any atom is -0.496 e. The third-order valence-electron chi connectivity index (χ3n) is 4.16. The lowest BCUT2D eigenvalue weighted by atomic mass is 10.1. The summed E-state index contributed by atoms with van der Waals surface area (Å²) in [6, 6.07) is 14.3. The fourth-order valence-electron chi connectivity index (χ4n) is 2.73. The zero-order valence-corrected chi connectivity index (χ0v) is 15.3. The normalized spacial score (nSPS) is 10.5. The number of esters is 1. The minimum atomic E-state index is -0.553. The molecule has 0 aliphatic rings. The molecule has 3 rings (SSSR count). The largest absolute Gasteiger partial charge is 0.496 e. The van der Waals surface area contributed by atoms with Gasteiger partial charge in [-0.15, -0.1) is 0 Å². The summed E-state index contributed by atoms with van der Waals surface area (Å²) in [6.45, 7) is 3.10. The number of methoxy groups -OCH3 is 1. The van der Waals surface area contributed by atoms with Crippen molar-refractivity contribution in [3.05, 3.63) is 71.0 Å². The topological polar surface area (TPSA) is 78.6 Å². The van der Waals surface area contributed by atoms with Crippen molar-refractivity contribution in [2.45, 2.75) is 20.5 Å². The van der Waals surface area contributed by atoms with Gasteiger partial charge in [-0.2, -0.15) is 0 Å². The van der Waals surface area contributed by atoms with E-state index in [1.165, 1.54) is 14.0 Å². The van der Waals surface area contributed by atoms with E-state index in [2.05, 4.69) is 5.16 Å². The predicted molar refractivity (Wildman–Crippen MR) is 98.8 cm³/mol. The van der Waals surface area contributed by atoms with Gasteiger partial charge in [-0.05, 0) is 32.0 Å². The van der Waals surface area contributed by atoms with Gasteiger partial charge in [0.05, 0.1) is 7.11 Å². The molecule has 0 radical (unpaired) electrons. The van der Waals surface area contributed by atoms with Gasteiger partial charge in [-0.3, -0.25) is 4.79 Å². The van der Waals surface area contributed by atoms with E-state index in [0.717, 1.165) is 5.56 Å². The Morgan fingerprint density at radius 2 is 1.85 bits per heavy atom. The second kappa shape index (κ2) is 7.86. The molecule has 0 amide bonds. The number of carbonyl (C=O) groups is 2. The number of Topliss-reactive ketones (excluding diaryl/α,β-unsaturated/α-hetero) is 1. The maximum Gasteiger partial charge on any atom is 0.344 e. The van der Waals surface area contributed by atoms with Crippen LogP contribution >= 0.6 is 0 Å². The van der Waals surface area contributed by atoms with Crippen LogP contribution in [-0.2, 0) is 11.3 Å². The lowest BCUT2D eigenvalue weighted by Gasteiger charge is -2.11. The Morgan fingerprint density at radius 1 is 1.11 bits per heavy atom. The first-order chi connectivity index (χ1) is 13.0. The molecule has 0 N–H and O–H groups in total. The van der Waals surface area contributed by atoms with Crippen LogP contribution in [-0.4, -0.2) is 24.0 Å². The highest BCUT2D eigenvalue weighted by Gasteiger charge is 2.23. The van der Waals surface area contributed by atoms with E-state index >= 15 is 0 Å². The Hall–Kier alpha value is -3.41. The molecule has 0 saturated heterocycles. The summed E-state index contributed by atoms with van der Waals surface area (Å²) >= 11 is 0. The second-order valence-corrected chi connectivity index (χ2v) is 5.99. The van der Waals surface area contributed by atoms with Crippen molar-refractivity contribution in [1.29, 1.82) is 0 Å². The van der Waals surface area contributed by atoms with E-state index < -0.39 is 5.97 Å². The van der Waals surface area contributed by atoms with Crippen molar-refractivity contribution in [3.8, 4) is 17.0 Å². The standard InChI is InChI=1S/C21H19NO5/c1-13(23)16-9-10-18(25-3)17(11-16)12-26-21(24)19-14(2)27-22-20(19)15-7-5-4-6-8-15/h4-11H,12H2,1-3H3. The maximum absolute atomic E-state index is 12.7. The van der Waals surface area contributed by atoms with Crippen molar-refractivity contribution in [2.24, 2.45) is 0 Å². The molecule has 0 spiro atoms. The summed E-state index contributed by atoms with van der Waals surface area (Å²) < 4.78 is 15.9. The third kappa shape index (κ3) is 3.89. The van der Waals surface area contributed by atoms with Crippen LogP contribution < -0.4 is 4.74 Å². The molecule has 1 heterocycles. The van der Waals surface area contributed by atoms with Crippen molar-refractivity contribution in [1.82, 2.24) is 5.16 Å². The van der Waals surface area contributed by atoms with Crippen molar-refractivity contribution >= 4 is 11.8 Å². The average Bonchev–Trinajstić information content (AvgIpc) is 3.08. The van der Waals surface area contributed by atoms with Gasteiger partial charge in [0, 0.05) is 16.7 Å². The fraction of sp³-hybridized carbons (Fsp3) is 0.190. The van der Waals surface area contributed by atoms with Crippen LogP contribution in [0.5, 0.6) is 5.75 Å². The smallest absolute Gasteiger partial charge is 0.344 e. The summed E-state index contributed by atoms with van der Waals surface area (Å²) in [5.41, 5.74) is 2.60. The Bertz CT molecular complexity index is 975. The summed E-state index contributed by atoms with van der Waals surface area (Å²) in [6.07, 6.45) is 0.